The summed E-state index contributed by atoms with van der Waals surface area (Å²) in [6, 6.07) is 0.791. The van der Waals surface area contributed by atoms with Gasteiger partial charge in [0.15, 0.2) is 0 Å². The normalized spacial score (nSPS) is 18.8. The zero-order valence-corrected chi connectivity index (χ0v) is 8.52. The van der Waals surface area contributed by atoms with E-state index in [9.17, 15) is 0 Å². The predicted molar refractivity (Wildman–Crippen MR) is 57.9 cm³/mol. The van der Waals surface area contributed by atoms with E-state index in [0.717, 1.165) is 25.7 Å². The lowest BCUT2D eigenvalue weighted by atomic mass is 9.95. The van der Waals surface area contributed by atoms with E-state index in [2.05, 4.69) is 17.2 Å². The monoisotopic (exact) mass is 182 g/mol. The smallest absolute Gasteiger partial charge is 0.0132 e. The summed E-state index contributed by atoms with van der Waals surface area (Å²) < 4.78 is 0. The molecule has 1 rings (SSSR count). The van der Waals surface area contributed by atoms with Gasteiger partial charge in [0.2, 0.25) is 0 Å². The quantitative estimate of drug-likeness (QED) is 0.482. The Labute approximate surface area is 81.8 Å². The molecular weight excluding hydrogens is 160 g/mol. The van der Waals surface area contributed by atoms with Crippen molar-refractivity contribution in [1.29, 1.82) is 0 Å². The minimum Gasteiger partial charge on any atom is -0.313 e. The van der Waals surface area contributed by atoms with Gasteiger partial charge in [0.1, 0.15) is 0 Å². The van der Waals surface area contributed by atoms with Crippen LogP contribution in [0, 0.1) is 0 Å². The van der Waals surface area contributed by atoms with Gasteiger partial charge in [0, 0.05) is 25.7 Å². The maximum atomic E-state index is 3.67. The van der Waals surface area contributed by atoms with Gasteiger partial charge in [0.05, 0.1) is 0 Å². The van der Waals surface area contributed by atoms with Crippen molar-refractivity contribution in [3.05, 3.63) is 12.7 Å². The van der Waals surface area contributed by atoms with Crippen LogP contribution < -0.4 is 10.6 Å². The van der Waals surface area contributed by atoms with Crippen molar-refractivity contribution in [2.75, 3.05) is 19.6 Å². The van der Waals surface area contributed by atoms with E-state index < -0.39 is 0 Å². The number of hydrogen-bond acceptors (Lipinski definition) is 2. The summed E-state index contributed by atoms with van der Waals surface area (Å²) in [5, 5.41) is 6.88. The second-order valence-corrected chi connectivity index (χ2v) is 3.78. The Bertz CT molecular complexity index is 128. The first-order valence-electron chi connectivity index (χ1n) is 5.48. The fraction of sp³-hybridized carbons (Fsp3) is 0.818. The average Bonchev–Trinajstić information content (AvgIpc) is 2.19. The Morgan fingerprint density at radius 3 is 2.62 bits per heavy atom. The van der Waals surface area contributed by atoms with E-state index in [0.29, 0.717) is 0 Å². The molecule has 0 atom stereocenters. The Morgan fingerprint density at radius 1 is 1.15 bits per heavy atom. The molecule has 76 valence electrons. The maximum Gasteiger partial charge on any atom is 0.0132 e. The molecule has 0 aliphatic heterocycles. The summed E-state index contributed by atoms with van der Waals surface area (Å²) in [6.45, 7) is 6.74. The highest BCUT2D eigenvalue weighted by atomic mass is 15.0. The third kappa shape index (κ3) is 5.06. The van der Waals surface area contributed by atoms with Gasteiger partial charge >= 0.3 is 0 Å². The van der Waals surface area contributed by atoms with Crippen LogP contribution in [-0.2, 0) is 0 Å². The summed E-state index contributed by atoms with van der Waals surface area (Å²) >= 11 is 0. The molecule has 0 aromatic carbocycles. The second-order valence-electron chi connectivity index (χ2n) is 3.78. The molecule has 0 spiro atoms. The van der Waals surface area contributed by atoms with E-state index in [4.69, 9.17) is 0 Å². The summed E-state index contributed by atoms with van der Waals surface area (Å²) in [6.07, 6.45) is 8.92. The molecule has 0 bridgehead atoms. The molecule has 13 heavy (non-hydrogen) atoms. The van der Waals surface area contributed by atoms with Crippen molar-refractivity contribution in [2.24, 2.45) is 0 Å². The molecule has 0 aromatic rings. The van der Waals surface area contributed by atoms with Crippen LogP contribution in [0.4, 0.5) is 0 Å². The minimum absolute atomic E-state index is 0.791. The summed E-state index contributed by atoms with van der Waals surface area (Å²) in [7, 11) is 0. The van der Waals surface area contributed by atoms with Crippen molar-refractivity contribution in [3.63, 3.8) is 0 Å². The molecular formula is C11H22N2. The Morgan fingerprint density at radius 2 is 1.92 bits per heavy atom. The third-order valence-electron chi connectivity index (χ3n) is 2.63. The Balaban J connectivity index is 1.89. The number of hydrogen-bond donors (Lipinski definition) is 2. The molecule has 0 heterocycles. The van der Waals surface area contributed by atoms with Crippen molar-refractivity contribution in [1.82, 2.24) is 10.6 Å². The van der Waals surface area contributed by atoms with Crippen LogP contribution in [0.15, 0.2) is 12.7 Å². The van der Waals surface area contributed by atoms with E-state index in [1.807, 2.05) is 6.08 Å². The molecule has 0 amide bonds. The third-order valence-corrected chi connectivity index (χ3v) is 2.63. The molecule has 0 aromatic heterocycles. The van der Waals surface area contributed by atoms with E-state index in [-0.39, 0.29) is 0 Å². The maximum absolute atomic E-state index is 3.67. The van der Waals surface area contributed by atoms with Crippen LogP contribution in [0.25, 0.3) is 0 Å². The summed E-state index contributed by atoms with van der Waals surface area (Å²) in [4.78, 5) is 0. The number of rotatable bonds is 6. The van der Waals surface area contributed by atoms with Gasteiger partial charge in [-0.2, -0.15) is 0 Å². The topological polar surface area (TPSA) is 24.1 Å². The molecule has 0 unspecified atom stereocenters. The van der Waals surface area contributed by atoms with Gasteiger partial charge in [-0.25, -0.2) is 0 Å². The van der Waals surface area contributed by atoms with Crippen molar-refractivity contribution >= 4 is 0 Å². The van der Waals surface area contributed by atoms with E-state index >= 15 is 0 Å². The lowest BCUT2D eigenvalue weighted by molar-refractivity contribution is 0.373. The van der Waals surface area contributed by atoms with Gasteiger partial charge in [0.25, 0.3) is 0 Å². The first-order chi connectivity index (χ1) is 6.43. The highest BCUT2D eigenvalue weighted by Gasteiger charge is 2.11. The van der Waals surface area contributed by atoms with E-state index in [1.165, 1.54) is 32.1 Å². The minimum atomic E-state index is 0.791. The molecule has 1 saturated carbocycles. The summed E-state index contributed by atoms with van der Waals surface area (Å²) in [5.74, 6) is 0. The lowest BCUT2D eigenvalue weighted by Gasteiger charge is -2.22. The van der Waals surface area contributed by atoms with Crippen LogP contribution in [-0.4, -0.2) is 25.7 Å². The van der Waals surface area contributed by atoms with Crippen LogP contribution in [0.2, 0.25) is 0 Å². The first kappa shape index (κ1) is 10.7. The standard InChI is InChI=1S/C11H22N2/c1-2-8-12-9-10-13-11-6-4-3-5-7-11/h2,11-13H,1,3-10H2. The van der Waals surface area contributed by atoms with Crippen molar-refractivity contribution in [3.8, 4) is 0 Å². The molecule has 1 aliphatic carbocycles. The number of nitrogens with one attached hydrogen (secondary N) is 2. The van der Waals surface area contributed by atoms with Crippen LogP contribution in [0.1, 0.15) is 32.1 Å². The second kappa shape index (κ2) is 7.10. The highest BCUT2D eigenvalue weighted by Crippen LogP contribution is 2.16. The SMILES string of the molecule is C=CCNCCNC1CCCCC1. The molecule has 0 saturated heterocycles. The Hall–Kier alpha value is -0.340. The van der Waals surface area contributed by atoms with Gasteiger partial charge in [-0.15, -0.1) is 6.58 Å². The predicted octanol–water partition coefficient (Wildman–Crippen LogP) is 1.68. The fourth-order valence-corrected chi connectivity index (χ4v) is 1.88. The zero-order chi connectivity index (χ0) is 9.36. The van der Waals surface area contributed by atoms with Crippen LogP contribution >= 0.6 is 0 Å². The van der Waals surface area contributed by atoms with Crippen molar-refractivity contribution < 1.29 is 0 Å². The van der Waals surface area contributed by atoms with Crippen LogP contribution in [0.5, 0.6) is 0 Å². The molecule has 2 N–H and O–H groups in total. The summed E-state index contributed by atoms with van der Waals surface area (Å²) in [5.41, 5.74) is 0. The van der Waals surface area contributed by atoms with Gasteiger partial charge in [-0.05, 0) is 12.8 Å². The highest BCUT2D eigenvalue weighted by molar-refractivity contribution is 4.73. The van der Waals surface area contributed by atoms with Crippen molar-refractivity contribution in [2.45, 2.75) is 38.1 Å². The fourth-order valence-electron chi connectivity index (χ4n) is 1.88. The van der Waals surface area contributed by atoms with Gasteiger partial charge in [-0.1, -0.05) is 25.3 Å². The molecule has 0 radical (unpaired) electrons. The van der Waals surface area contributed by atoms with Gasteiger partial charge < -0.3 is 10.6 Å². The molecule has 2 heteroatoms. The Kier molecular flexibility index (Phi) is 5.87. The van der Waals surface area contributed by atoms with E-state index in [1.54, 1.807) is 0 Å². The average molecular weight is 182 g/mol. The van der Waals surface area contributed by atoms with Gasteiger partial charge in [-0.3, -0.25) is 0 Å². The molecule has 1 fully saturated rings. The molecule has 1 aliphatic rings. The zero-order valence-electron chi connectivity index (χ0n) is 8.52. The largest absolute Gasteiger partial charge is 0.313 e. The lowest BCUT2D eigenvalue weighted by Crippen LogP contribution is -2.36. The first-order valence-corrected chi connectivity index (χ1v) is 5.48. The molecule has 2 nitrogen and oxygen atoms in total. The van der Waals surface area contributed by atoms with Crippen LogP contribution in [0.3, 0.4) is 0 Å².